The Hall–Kier alpha value is -2.85. The van der Waals surface area contributed by atoms with Crippen molar-refractivity contribution in [3.63, 3.8) is 0 Å². The SMILES string of the molecule is CN(C)CCn1c(=O)c2cc(-c3ccccc3)[nH]c2c2ccccc21. The zero-order valence-electron chi connectivity index (χ0n) is 14.5. The van der Waals surface area contributed by atoms with E-state index in [1.165, 1.54) is 0 Å². The van der Waals surface area contributed by atoms with Crippen molar-refractivity contribution < 1.29 is 0 Å². The van der Waals surface area contributed by atoms with Gasteiger partial charge in [0, 0.05) is 24.2 Å². The van der Waals surface area contributed by atoms with E-state index < -0.39 is 0 Å². The fourth-order valence-corrected chi connectivity index (χ4v) is 3.31. The van der Waals surface area contributed by atoms with Crippen molar-refractivity contribution in [3.05, 3.63) is 71.0 Å². The van der Waals surface area contributed by atoms with Crippen molar-refractivity contribution in [2.75, 3.05) is 20.6 Å². The van der Waals surface area contributed by atoms with Crippen LogP contribution in [0.25, 0.3) is 33.1 Å². The third kappa shape index (κ3) is 2.75. The number of pyridine rings is 1. The molecular formula is C21H21N3O. The first-order valence-electron chi connectivity index (χ1n) is 8.49. The number of benzene rings is 2. The second-order valence-corrected chi connectivity index (χ2v) is 6.61. The van der Waals surface area contributed by atoms with Crippen LogP contribution in [0.15, 0.2) is 65.5 Å². The van der Waals surface area contributed by atoms with Gasteiger partial charge in [0.1, 0.15) is 0 Å². The van der Waals surface area contributed by atoms with Crippen molar-refractivity contribution in [2.24, 2.45) is 0 Å². The number of fused-ring (bicyclic) bond motifs is 3. The molecule has 0 aliphatic carbocycles. The Kier molecular flexibility index (Phi) is 3.90. The van der Waals surface area contributed by atoms with Crippen molar-refractivity contribution >= 4 is 21.8 Å². The van der Waals surface area contributed by atoms with Gasteiger partial charge in [-0.1, -0.05) is 48.5 Å². The van der Waals surface area contributed by atoms with Crippen LogP contribution >= 0.6 is 0 Å². The zero-order chi connectivity index (χ0) is 17.4. The molecule has 2 aromatic heterocycles. The van der Waals surface area contributed by atoms with Crippen LogP contribution in [-0.4, -0.2) is 35.1 Å². The normalized spacial score (nSPS) is 11.6. The molecular weight excluding hydrogens is 310 g/mol. The Morgan fingerprint density at radius 1 is 0.960 bits per heavy atom. The molecule has 0 unspecified atom stereocenters. The maximum atomic E-state index is 13.1. The smallest absolute Gasteiger partial charge is 0.260 e. The Morgan fingerprint density at radius 2 is 1.68 bits per heavy atom. The maximum Gasteiger partial charge on any atom is 0.260 e. The molecule has 0 aliphatic heterocycles. The largest absolute Gasteiger partial charge is 0.354 e. The van der Waals surface area contributed by atoms with E-state index in [0.717, 1.165) is 39.6 Å². The number of aromatic amines is 1. The lowest BCUT2D eigenvalue weighted by Gasteiger charge is -2.14. The van der Waals surface area contributed by atoms with Crippen molar-refractivity contribution in [3.8, 4) is 11.3 Å². The number of rotatable bonds is 4. The summed E-state index contributed by atoms with van der Waals surface area (Å²) in [5, 5.41) is 1.83. The predicted octanol–water partition coefficient (Wildman–Crippen LogP) is 3.71. The minimum atomic E-state index is 0.0639. The summed E-state index contributed by atoms with van der Waals surface area (Å²) in [5.41, 5.74) is 4.02. The number of aromatic nitrogens is 2. The monoisotopic (exact) mass is 331 g/mol. The highest BCUT2D eigenvalue weighted by molar-refractivity contribution is 6.05. The minimum Gasteiger partial charge on any atom is -0.354 e. The molecule has 0 amide bonds. The van der Waals surface area contributed by atoms with Gasteiger partial charge in [-0.2, -0.15) is 0 Å². The summed E-state index contributed by atoms with van der Waals surface area (Å²) in [7, 11) is 4.05. The molecule has 0 radical (unpaired) electrons. The molecule has 1 N–H and O–H groups in total. The number of hydrogen-bond acceptors (Lipinski definition) is 2. The molecule has 25 heavy (non-hydrogen) atoms. The Balaban J connectivity index is 2.00. The number of H-pyrrole nitrogens is 1. The molecule has 4 aromatic rings. The van der Waals surface area contributed by atoms with Gasteiger partial charge in [-0.3, -0.25) is 4.79 Å². The quantitative estimate of drug-likeness (QED) is 0.619. The van der Waals surface area contributed by atoms with Crippen LogP contribution in [0.1, 0.15) is 0 Å². The fourth-order valence-electron chi connectivity index (χ4n) is 3.31. The van der Waals surface area contributed by atoms with Crippen molar-refractivity contribution in [2.45, 2.75) is 6.54 Å². The van der Waals surface area contributed by atoms with Crippen LogP contribution in [0.2, 0.25) is 0 Å². The fraction of sp³-hybridized carbons (Fsp3) is 0.190. The van der Waals surface area contributed by atoms with Crippen LogP contribution in [0.5, 0.6) is 0 Å². The van der Waals surface area contributed by atoms with Gasteiger partial charge in [0.2, 0.25) is 0 Å². The first kappa shape index (κ1) is 15.7. The number of nitrogens with one attached hydrogen (secondary N) is 1. The third-order valence-electron chi connectivity index (χ3n) is 4.61. The van der Waals surface area contributed by atoms with E-state index in [1.54, 1.807) is 0 Å². The summed E-state index contributed by atoms with van der Waals surface area (Å²) >= 11 is 0. The number of para-hydroxylation sites is 1. The van der Waals surface area contributed by atoms with Gasteiger partial charge in [0.15, 0.2) is 0 Å². The van der Waals surface area contributed by atoms with Crippen molar-refractivity contribution in [1.29, 1.82) is 0 Å². The summed E-state index contributed by atoms with van der Waals surface area (Å²) in [6.07, 6.45) is 0. The van der Waals surface area contributed by atoms with Gasteiger partial charge in [-0.25, -0.2) is 0 Å². The lowest BCUT2D eigenvalue weighted by atomic mass is 10.1. The molecule has 4 rings (SSSR count). The highest BCUT2D eigenvalue weighted by atomic mass is 16.1. The van der Waals surface area contributed by atoms with E-state index in [-0.39, 0.29) is 5.56 Å². The lowest BCUT2D eigenvalue weighted by Crippen LogP contribution is -2.26. The van der Waals surface area contributed by atoms with Crippen LogP contribution in [0, 0.1) is 0 Å². The van der Waals surface area contributed by atoms with Crippen LogP contribution in [0.4, 0.5) is 0 Å². The molecule has 0 bridgehead atoms. The van der Waals surface area contributed by atoms with Gasteiger partial charge in [-0.15, -0.1) is 0 Å². The average Bonchev–Trinajstić information content (AvgIpc) is 3.08. The summed E-state index contributed by atoms with van der Waals surface area (Å²) < 4.78 is 1.89. The molecule has 0 spiro atoms. The minimum absolute atomic E-state index is 0.0639. The lowest BCUT2D eigenvalue weighted by molar-refractivity contribution is 0.384. The maximum absolute atomic E-state index is 13.1. The summed E-state index contributed by atoms with van der Waals surface area (Å²) in [5.74, 6) is 0. The zero-order valence-corrected chi connectivity index (χ0v) is 14.5. The van der Waals surface area contributed by atoms with Gasteiger partial charge in [-0.05, 0) is 31.8 Å². The first-order chi connectivity index (χ1) is 12.1. The molecule has 0 aliphatic rings. The van der Waals surface area contributed by atoms with E-state index in [2.05, 4.69) is 28.1 Å². The summed E-state index contributed by atoms with van der Waals surface area (Å²) in [4.78, 5) is 18.7. The van der Waals surface area contributed by atoms with Gasteiger partial charge in [0.25, 0.3) is 5.56 Å². The van der Waals surface area contributed by atoms with Crippen LogP contribution in [0.3, 0.4) is 0 Å². The third-order valence-corrected chi connectivity index (χ3v) is 4.61. The second-order valence-electron chi connectivity index (χ2n) is 6.61. The average molecular weight is 331 g/mol. The van der Waals surface area contributed by atoms with E-state index in [0.29, 0.717) is 6.54 Å². The molecule has 2 aromatic carbocycles. The first-order valence-corrected chi connectivity index (χ1v) is 8.49. The number of nitrogens with zero attached hydrogens (tertiary/aromatic N) is 2. The molecule has 0 fully saturated rings. The van der Waals surface area contributed by atoms with Gasteiger partial charge in [0.05, 0.1) is 16.4 Å². The second kappa shape index (κ2) is 6.22. The molecule has 4 nitrogen and oxygen atoms in total. The molecule has 4 heteroatoms. The van der Waals surface area contributed by atoms with E-state index >= 15 is 0 Å². The molecule has 0 atom stereocenters. The number of hydrogen-bond donors (Lipinski definition) is 1. The number of likely N-dealkylation sites (N-methyl/N-ethyl adjacent to an activating group) is 1. The highest BCUT2D eigenvalue weighted by Gasteiger charge is 2.14. The van der Waals surface area contributed by atoms with Gasteiger partial charge >= 0.3 is 0 Å². The summed E-state index contributed by atoms with van der Waals surface area (Å²) in [6, 6.07) is 20.2. The van der Waals surface area contributed by atoms with Crippen LogP contribution in [-0.2, 0) is 6.54 Å². The molecule has 0 saturated heterocycles. The Labute approximate surface area is 146 Å². The molecule has 0 saturated carbocycles. The van der Waals surface area contributed by atoms with E-state index in [4.69, 9.17) is 0 Å². The molecule has 2 heterocycles. The summed E-state index contributed by atoms with van der Waals surface area (Å²) in [6.45, 7) is 1.50. The van der Waals surface area contributed by atoms with Gasteiger partial charge < -0.3 is 14.5 Å². The predicted molar refractivity (Wildman–Crippen MR) is 104 cm³/mol. The van der Waals surface area contributed by atoms with Crippen molar-refractivity contribution in [1.82, 2.24) is 14.5 Å². The topological polar surface area (TPSA) is 41.0 Å². The standard InChI is InChI=1S/C21H21N3O/c1-23(2)12-13-24-19-11-7-6-10-16(19)20-17(21(24)25)14-18(22-20)15-8-4-3-5-9-15/h3-11,14,22H,12-13H2,1-2H3. The van der Waals surface area contributed by atoms with Crippen LogP contribution < -0.4 is 5.56 Å². The van der Waals surface area contributed by atoms with E-state index in [9.17, 15) is 4.79 Å². The Bertz CT molecular complexity index is 1090. The molecule has 126 valence electrons. The Morgan fingerprint density at radius 3 is 2.44 bits per heavy atom. The highest BCUT2D eigenvalue weighted by Crippen LogP contribution is 2.27. The van der Waals surface area contributed by atoms with E-state index in [1.807, 2.05) is 61.1 Å².